The van der Waals surface area contributed by atoms with Gasteiger partial charge in [-0.25, -0.2) is 0 Å². The Labute approximate surface area is 108 Å². The molecule has 0 aliphatic heterocycles. The van der Waals surface area contributed by atoms with Gasteiger partial charge in [-0.3, -0.25) is 0 Å². The molecule has 0 bridgehead atoms. The van der Waals surface area contributed by atoms with Crippen molar-refractivity contribution in [1.82, 2.24) is 5.32 Å². The molecule has 0 aromatic carbocycles. The van der Waals surface area contributed by atoms with Crippen LogP contribution in [0.1, 0.15) is 67.2 Å². The fourth-order valence-electron chi connectivity index (χ4n) is 2.89. The SMILES string of the molecule is C=C(NC(C)(C)C)C1CCC(C(C)(C)C)CC1. The maximum absolute atomic E-state index is 4.24. The van der Waals surface area contributed by atoms with E-state index in [9.17, 15) is 0 Å². The maximum atomic E-state index is 4.24. The summed E-state index contributed by atoms with van der Waals surface area (Å²) >= 11 is 0. The molecule has 1 N–H and O–H groups in total. The van der Waals surface area contributed by atoms with Gasteiger partial charge in [0.2, 0.25) is 0 Å². The molecule has 1 fully saturated rings. The molecule has 0 radical (unpaired) electrons. The lowest BCUT2D eigenvalue weighted by atomic mass is 9.69. The summed E-state index contributed by atoms with van der Waals surface area (Å²) in [6.45, 7) is 18.0. The molecule has 0 saturated heterocycles. The second kappa shape index (κ2) is 5.04. The molecule has 100 valence electrons. The van der Waals surface area contributed by atoms with Crippen LogP contribution in [0.3, 0.4) is 0 Å². The van der Waals surface area contributed by atoms with E-state index in [1.54, 1.807) is 0 Å². The van der Waals surface area contributed by atoms with E-state index in [4.69, 9.17) is 0 Å². The van der Waals surface area contributed by atoms with Gasteiger partial charge in [-0.05, 0) is 63.7 Å². The summed E-state index contributed by atoms with van der Waals surface area (Å²) in [4.78, 5) is 0. The molecule has 1 aliphatic rings. The first-order chi connectivity index (χ1) is 7.59. The van der Waals surface area contributed by atoms with E-state index in [2.05, 4.69) is 53.4 Å². The minimum atomic E-state index is 0.151. The summed E-state index contributed by atoms with van der Waals surface area (Å²) in [7, 11) is 0. The van der Waals surface area contributed by atoms with Gasteiger partial charge in [0.05, 0.1) is 0 Å². The van der Waals surface area contributed by atoms with E-state index < -0.39 is 0 Å². The van der Waals surface area contributed by atoms with E-state index in [0.29, 0.717) is 11.3 Å². The van der Waals surface area contributed by atoms with Crippen molar-refractivity contribution in [2.75, 3.05) is 0 Å². The van der Waals surface area contributed by atoms with Gasteiger partial charge in [0, 0.05) is 11.2 Å². The molecular formula is C16H31N. The number of rotatable bonds is 2. The molecule has 17 heavy (non-hydrogen) atoms. The first kappa shape index (κ1) is 14.6. The molecule has 0 heterocycles. The average molecular weight is 237 g/mol. The van der Waals surface area contributed by atoms with E-state index in [0.717, 1.165) is 5.92 Å². The summed E-state index contributed by atoms with van der Waals surface area (Å²) in [5, 5.41) is 3.55. The third kappa shape index (κ3) is 4.73. The van der Waals surface area contributed by atoms with Crippen LogP contribution in [0, 0.1) is 17.3 Å². The molecule has 0 aromatic rings. The highest BCUT2D eigenvalue weighted by molar-refractivity contribution is 5.03. The van der Waals surface area contributed by atoms with Crippen molar-refractivity contribution in [3.05, 3.63) is 12.3 Å². The fraction of sp³-hybridized carbons (Fsp3) is 0.875. The highest BCUT2D eigenvalue weighted by atomic mass is 15.0. The van der Waals surface area contributed by atoms with Gasteiger partial charge in [0.1, 0.15) is 0 Å². The van der Waals surface area contributed by atoms with E-state index in [-0.39, 0.29) is 5.54 Å². The average Bonchev–Trinajstić information content (AvgIpc) is 2.14. The summed E-state index contributed by atoms with van der Waals surface area (Å²) in [5.74, 6) is 1.58. The molecule has 1 saturated carbocycles. The van der Waals surface area contributed by atoms with Crippen molar-refractivity contribution in [3.8, 4) is 0 Å². The van der Waals surface area contributed by atoms with Crippen molar-refractivity contribution in [3.63, 3.8) is 0 Å². The predicted molar refractivity (Wildman–Crippen MR) is 76.9 cm³/mol. The minimum Gasteiger partial charge on any atom is -0.384 e. The van der Waals surface area contributed by atoms with Gasteiger partial charge < -0.3 is 5.32 Å². The Hall–Kier alpha value is -0.460. The second-order valence-electron chi connectivity index (χ2n) is 7.81. The Morgan fingerprint density at radius 1 is 0.941 bits per heavy atom. The van der Waals surface area contributed by atoms with Crippen molar-refractivity contribution < 1.29 is 0 Å². The zero-order chi connectivity index (χ0) is 13.3. The van der Waals surface area contributed by atoms with E-state index >= 15 is 0 Å². The van der Waals surface area contributed by atoms with Gasteiger partial charge in [-0.15, -0.1) is 0 Å². The monoisotopic (exact) mass is 237 g/mol. The van der Waals surface area contributed by atoms with Gasteiger partial charge in [-0.2, -0.15) is 0 Å². The Bertz CT molecular complexity index is 256. The van der Waals surface area contributed by atoms with Crippen LogP contribution in [0.2, 0.25) is 0 Å². The van der Waals surface area contributed by atoms with Crippen molar-refractivity contribution in [2.24, 2.45) is 17.3 Å². The standard InChI is InChI=1S/C16H31N/c1-12(17-16(5,6)7)13-8-10-14(11-9-13)15(2,3)4/h13-14,17H,1,8-11H2,2-7H3. The third-order valence-electron chi connectivity index (χ3n) is 3.98. The maximum Gasteiger partial charge on any atom is 0.0286 e. The fourth-order valence-corrected chi connectivity index (χ4v) is 2.89. The highest BCUT2D eigenvalue weighted by Gasteiger charge is 2.31. The molecule has 1 rings (SSSR count). The topological polar surface area (TPSA) is 12.0 Å². The lowest BCUT2D eigenvalue weighted by Gasteiger charge is -2.38. The van der Waals surface area contributed by atoms with Gasteiger partial charge in [-0.1, -0.05) is 27.4 Å². The van der Waals surface area contributed by atoms with E-state index in [1.165, 1.54) is 31.4 Å². The zero-order valence-electron chi connectivity index (χ0n) is 12.7. The second-order valence-corrected chi connectivity index (χ2v) is 7.81. The Morgan fingerprint density at radius 3 is 1.76 bits per heavy atom. The number of nitrogens with one attached hydrogen (secondary N) is 1. The summed E-state index contributed by atoms with van der Waals surface area (Å²) in [6.07, 6.45) is 5.34. The van der Waals surface area contributed by atoms with Crippen LogP contribution in [0.25, 0.3) is 0 Å². The van der Waals surface area contributed by atoms with Crippen LogP contribution < -0.4 is 5.32 Å². The van der Waals surface area contributed by atoms with E-state index in [1.807, 2.05) is 0 Å². The molecule has 1 aliphatic carbocycles. The summed E-state index contributed by atoms with van der Waals surface area (Å²) < 4.78 is 0. The van der Waals surface area contributed by atoms with Crippen LogP contribution >= 0.6 is 0 Å². The van der Waals surface area contributed by atoms with Crippen LogP contribution in [0.15, 0.2) is 12.3 Å². The third-order valence-corrected chi connectivity index (χ3v) is 3.98. The Balaban J connectivity index is 2.45. The smallest absolute Gasteiger partial charge is 0.0286 e. The van der Waals surface area contributed by atoms with Crippen molar-refractivity contribution >= 4 is 0 Å². The summed E-state index contributed by atoms with van der Waals surface area (Å²) in [5.41, 5.74) is 1.88. The van der Waals surface area contributed by atoms with Crippen LogP contribution in [-0.4, -0.2) is 5.54 Å². The molecule has 0 aromatic heterocycles. The molecule has 0 amide bonds. The zero-order valence-corrected chi connectivity index (χ0v) is 12.7. The van der Waals surface area contributed by atoms with Gasteiger partial charge >= 0.3 is 0 Å². The molecule has 1 nitrogen and oxygen atoms in total. The van der Waals surface area contributed by atoms with Crippen LogP contribution in [-0.2, 0) is 0 Å². The normalized spacial score (nSPS) is 26.7. The van der Waals surface area contributed by atoms with Crippen LogP contribution in [0.5, 0.6) is 0 Å². The quantitative estimate of drug-likeness (QED) is 0.731. The first-order valence-corrected chi connectivity index (χ1v) is 7.06. The highest BCUT2D eigenvalue weighted by Crippen LogP contribution is 2.41. The largest absolute Gasteiger partial charge is 0.384 e. The molecule has 0 atom stereocenters. The predicted octanol–water partition coefficient (Wildman–Crippen LogP) is 4.74. The first-order valence-electron chi connectivity index (χ1n) is 7.06. The number of hydrogen-bond acceptors (Lipinski definition) is 1. The number of allylic oxidation sites excluding steroid dienone is 1. The van der Waals surface area contributed by atoms with Crippen molar-refractivity contribution in [2.45, 2.75) is 72.8 Å². The summed E-state index contributed by atoms with van der Waals surface area (Å²) in [6, 6.07) is 0. The van der Waals surface area contributed by atoms with Crippen LogP contribution in [0.4, 0.5) is 0 Å². The molecular weight excluding hydrogens is 206 g/mol. The van der Waals surface area contributed by atoms with Gasteiger partial charge in [0.25, 0.3) is 0 Å². The Kier molecular flexibility index (Phi) is 4.33. The minimum absolute atomic E-state index is 0.151. The molecule has 0 spiro atoms. The molecule has 0 unspecified atom stereocenters. The molecule has 1 heteroatoms. The van der Waals surface area contributed by atoms with Crippen molar-refractivity contribution in [1.29, 1.82) is 0 Å². The van der Waals surface area contributed by atoms with Gasteiger partial charge in [0.15, 0.2) is 0 Å². The Morgan fingerprint density at radius 2 is 1.41 bits per heavy atom. The lowest BCUT2D eigenvalue weighted by Crippen LogP contribution is -2.38. The lowest BCUT2D eigenvalue weighted by molar-refractivity contribution is 0.156. The number of hydrogen-bond donors (Lipinski definition) is 1.